The second-order valence-electron chi connectivity index (χ2n) is 5.74. The van der Waals surface area contributed by atoms with E-state index in [-0.39, 0.29) is 30.9 Å². The minimum Gasteiger partial charge on any atom is -0.469 e. The molecule has 1 aromatic rings. The number of halogens is 2. The molecule has 0 aliphatic carbocycles. The Bertz CT molecular complexity index is 647. The van der Waals surface area contributed by atoms with Crippen LogP contribution in [0.5, 0.6) is 0 Å². The van der Waals surface area contributed by atoms with Crippen molar-refractivity contribution in [2.45, 2.75) is 25.7 Å². The van der Waals surface area contributed by atoms with Crippen LogP contribution >= 0.6 is 0 Å². The summed E-state index contributed by atoms with van der Waals surface area (Å²) in [6.45, 7) is 0.629. The molecule has 1 heterocycles. The molecule has 0 radical (unpaired) electrons. The van der Waals surface area contributed by atoms with Crippen LogP contribution in [-0.4, -0.2) is 42.8 Å². The summed E-state index contributed by atoms with van der Waals surface area (Å²) in [6.07, 6.45) is 1.08. The van der Waals surface area contributed by atoms with Crippen LogP contribution < -0.4 is 0 Å². The quantitative estimate of drug-likeness (QED) is 0.610. The molecule has 130 valence electrons. The fraction of sp³-hybridized carbons (Fsp3) is 0.471. The first-order valence-corrected chi connectivity index (χ1v) is 7.76. The lowest BCUT2D eigenvalue weighted by Crippen LogP contribution is -2.42. The van der Waals surface area contributed by atoms with Crippen LogP contribution in [0.1, 0.15) is 36.0 Å². The largest absolute Gasteiger partial charge is 0.469 e. The highest BCUT2D eigenvalue weighted by Gasteiger charge is 2.30. The van der Waals surface area contributed by atoms with Crippen molar-refractivity contribution in [2.75, 3.05) is 20.2 Å². The average molecular weight is 339 g/mol. The van der Waals surface area contributed by atoms with E-state index in [4.69, 9.17) is 0 Å². The Kier molecular flexibility index (Phi) is 6.00. The van der Waals surface area contributed by atoms with Crippen LogP contribution in [0.15, 0.2) is 18.2 Å². The third kappa shape index (κ3) is 4.37. The fourth-order valence-electron chi connectivity index (χ4n) is 2.79. The zero-order valence-corrected chi connectivity index (χ0v) is 13.4. The number of rotatable bonds is 5. The summed E-state index contributed by atoms with van der Waals surface area (Å²) in [5, 5.41) is 0. The van der Waals surface area contributed by atoms with Crippen LogP contribution in [0.2, 0.25) is 0 Å². The van der Waals surface area contributed by atoms with Gasteiger partial charge in [0.15, 0.2) is 5.78 Å². The maximum Gasteiger partial charge on any atom is 0.306 e. The molecule has 7 heteroatoms. The molecule has 0 aromatic heterocycles. The van der Waals surface area contributed by atoms with E-state index in [1.165, 1.54) is 12.0 Å². The molecule has 1 fully saturated rings. The first-order chi connectivity index (χ1) is 11.4. The van der Waals surface area contributed by atoms with E-state index in [2.05, 4.69) is 4.74 Å². The Morgan fingerprint density at radius 2 is 2.00 bits per heavy atom. The number of nitrogens with zero attached hydrogens (tertiary/aromatic N) is 1. The SMILES string of the molecule is COC(=O)CCC(=O)N1CCC[C@H](C(=O)c2cc(F)ccc2F)C1. The lowest BCUT2D eigenvalue weighted by atomic mass is 9.89. The Labute approximate surface area is 138 Å². The predicted octanol–water partition coefficient (Wildman–Crippen LogP) is 2.34. The number of hydrogen-bond acceptors (Lipinski definition) is 4. The predicted molar refractivity (Wildman–Crippen MR) is 81.2 cm³/mol. The molecule has 5 nitrogen and oxygen atoms in total. The average Bonchev–Trinajstić information content (AvgIpc) is 2.60. The highest BCUT2D eigenvalue weighted by molar-refractivity contribution is 5.98. The number of carbonyl (C=O) groups excluding carboxylic acids is 3. The van der Waals surface area contributed by atoms with Gasteiger partial charge in [-0.15, -0.1) is 0 Å². The van der Waals surface area contributed by atoms with Gasteiger partial charge in [-0.05, 0) is 31.0 Å². The highest BCUT2D eigenvalue weighted by atomic mass is 19.1. The van der Waals surface area contributed by atoms with Crippen molar-refractivity contribution in [1.82, 2.24) is 4.90 Å². The molecule has 2 rings (SSSR count). The molecule has 1 aromatic carbocycles. The molecule has 0 spiro atoms. The lowest BCUT2D eigenvalue weighted by molar-refractivity contribution is -0.144. The summed E-state index contributed by atoms with van der Waals surface area (Å²) < 4.78 is 31.5. The van der Waals surface area contributed by atoms with Crippen molar-refractivity contribution >= 4 is 17.7 Å². The molecule has 24 heavy (non-hydrogen) atoms. The van der Waals surface area contributed by atoms with Gasteiger partial charge in [0.25, 0.3) is 0 Å². The minimum absolute atomic E-state index is 0.00189. The zero-order chi connectivity index (χ0) is 17.7. The van der Waals surface area contributed by atoms with Crippen molar-refractivity contribution < 1.29 is 27.9 Å². The molecular formula is C17H19F2NO4. The molecular weight excluding hydrogens is 320 g/mol. The number of benzene rings is 1. The van der Waals surface area contributed by atoms with Gasteiger partial charge in [0.05, 0.1) is 19.1 Å². The Hall–Kier alpha value is -2.31. The van der Waals surface area contributed by atoms with Gasteiger partial charge in [0.2, 0.25) is 5.91 Å². The van der Waals surface area contributed by atoms with Crippen molar-refractivity contribution in [3.05, 3.63) is 35.4 Å². The summed E-state index contributed by atoms with van der Waals surface area (Å²) >= 11 is 0. The smallest absolute Gasteiger partial charge is 0.306 e. The van der Waals surface area contributed by atoms with Crippen LogP contribution in [0, 0.1) is 17.6 Å². The summed E-state index contributed by atoms with van der Waals surface area (Å²) in [4.78, 5) is 37.1. The van der Waals surface area contributed by atoms with Gasteiger partial charge in [0.1, 0.15) is 11.6 Å². The number of ether oxygens (including phenoxy) is 1. The summed E-state index contributed by atoms with van der Waals surface area (Å²) in [5.41, 5.74) is -0.288. The molecule has 1 atom stereocenters. The second kappa shape index (κ2) is 7.99. The first kappa shape index (κ1) is 18.0. The van der Waals surface area contributed by atoms with Crippen LogP contribution in [0.3, 0.4) is 0 Å². The van der Waals surface area contributed by atoms with Crippen molar-refractivity contribution in [2.24, 2.45) is 5.92 Å². The number of hydrogen-bond donors (Lipinski definition) is 0. The van der Waals surface area contributed by atoms with Crippen molar-refractivity contribution in [3.63, 3.8) is 0 Å². The van der Waals surface area contributed by atoms with Crippen LogP contribution in [-0.2, 0) is 14.3 Å². The van der Waals surface area contributed by atoms with E-state index in [1.54, 1.807) is 0 Å². The van der Waals surface area contributed by atoms with E-state index in [1.807, 2.05) is 0 Å². The number of esters is 1. The summed E-state index contributed by atoms with van der Waals surface area (Å²) in [7, 11) is 1.25. The number of piperidine rings is 1. The van der Waals surface area contributed by atoms with E-state index in [0.29, 0.717) is 19.4 Å². The maximum atomic E-state index is 13.8. The van der Waals surface area contributed by atoms with Gasteiger partial charge >= 0.3 is 5.97 Å². The number of methoxy groups -OCH3 is 1. The van der Waals surface area contributed by atoms with Gasteiger partial charge in [-0.25, -0.2) is 8.78 Å². The number of carbonyl (C=O) groups is 3. The molecule has 1 saturated heterocycles. The van der Waals surface area contributed by atoms with Crippen LogP contribution in [0.4, 0.5) is 8.78 Å². The number of Topliss-reactive ketones (excluding diaryl/α,β-unsaturated/α-hetero) is 1. The first-order valence-electron chi connectivity index (χ1n) is 7.76. The van der Waals surface area contributed by atoms with Gasteiger partial charge < -0.3 is 9.64 Å². The molecule has 1 amide bonds. The van der Waals surface area contributed by atoms with E-state index in [0.717, 1.165) is 18.2 Å². The summed E-state index contributed by atoms with van der Waals surface area (Å²) in [6, 6.07) is 2.76. The Balaban J connectivity index is 2.02. The Morgan fingerprint density at radius 3 is 2.71 bits per heavy atom. The maximum absolute atomic E-state index is 13.8. The number of likely N-dealkylation sites (tertiary alicyclic amines) is 1. The van der Waals surface area contributed by atoms with E-state index in [9.17, 15) is 23.2 Å². The lowest BCUT2D eigenvalue weighted by Gasteiger charge is -2.32. The van der Waals surface area contributed by atoms with Gasteiger partial charge in [-0.2, -0.15) is 0 Å². The van der Waals surface area contributed by atoms with E-state index < -0.39 is 29.3 Å². The highest BCUT2D eigenvalue weighted by Crippen LogP contribution is 2.23. The third-order valence-corrected chi connectivity index (χ3v) is 4.11. The Morgan fingerprint density at radius 1 is 1.25 bits per heavy atom. The summed E-state index contributed by atoms with van der Waals surface area (Å²) in [5.74, 6) is -3.25. The normalized spacial score (nSPS) is 17.5. The molecule has 0 bridgehead atoms. The van der Waals surface area contributed by atoms with Gasteiger partial charge in [-0.1, -0.05) is 0 Å². The third-order valence-electron chi connectivity index (χ3n) is 4.11. The molecule has 1 aliphatic heterocycles. The van der Waals surface area contributed by atoms with Gasteiger partial charge in [-0.3, -0.25) is 14.4 Å². The molecule has 0 N–H and O–H groups in total. The fourth-order valence-corrected chi connectivity index (χ4v) is 2.79. The monoisotopic (exact) mass is 339 g/mol. The van der Waals surface area contributed by atoms with Gasteiger partial charge in [0, 0.05) is 25.4 Å². The van der Waals surface area contributed by atoms with Crippen molar-refractivity contribution in [3.8, 4) is 0 Å². The minimum atomic E-state index is -0.768. The molecule has 1 aliphatic rings. The van der Waals surface area contributed by atoms with Crippen LogP contribution in [0.25, 0.3) is 0 Å². The molecule has 0 saturated carbocycles. The number of ketones is 1. The number of amides is 1. The zero-order valence-electron chi connectivity index (χ0n) is 13.4. The second-order valence-corrected chi connectivity index (χ2v) is 5.74. The standard InChI is InChI=1S/C17H19F2NO4/c1-24-16(22)7-6-15(21)20-8-2-3-11(10-20)17(23)13-9-12(18)4-5-14(13)19/h4-5,9,11H,2-3,6-8,10H2,1H3/t11-/m0/s1. The van der Waals surface area contributed by atoms with E-state index >= 15 is 0 Å². The molecule has 0 unspecified atom stereocenters. The topological polar surface area (TPSA) is 63.7 Å². The van der Waals surface area contributed by atoms with Crippen molar-refractivity contribution in [1.29, 1.82) is 0 Å².